The minimum atomic E-state index is -3.29. The molecule has 2 aromatic rings. The van der Waals surface area contributed by atoms with E-state index in [1.54, 1.807) is 6.07 Å². The molecule has 0 bridgehead atoms. The number of halogens is 1. The van der Waals surface area contributed by atoms with Gasteiger partial charge in [0.25, 0.3) is 5.91 Å². The number of carbonyl (C=O) groups is 1. The molecule has 0 radical (unpaired) electrons. The SMILES string of the molecule is Cc1cc(F)ccc1CCNC(=O)c1csc(S(C)(=O)=O)c1. The number of sulfone groups is 1. The molecule has 0 spiro atoms. The Morgan fingerprint density at radius 3 is 2.64 bits per heavy atom. The highest BCUT2D eigenvalue weighted by Gasteiger charge is 2.14. The average Bonchev–Trinajstić information content (AvgIpc) is 2.90. The quantitative estimate of drug-likeness (QED) is 0.909. The summed E-state index contributed by atoms with van der Waals surface area (Å²) >= 11 is 1.03. The molecule has 22 heavy (non-hydrogen) atoms. The topological polar surface area (TPSA) is 63.2 Å². The molecular formula is C15H16FNO3S2. The van der Waals surface area contributed by atoms with Crippen molar-refractivity contribution < 1.29 is 17.6 Å². The number of nitrogens with one attached hydrogen (secondary N) is 1. The summed E-state index contributed by atoms with van der Waals surface area (Å²) in [6, 6.07) is 5.91. The number of rotatable bonds is 5. The molecule has 0 saturated carbocycles. The smallest absolute Gasteiger partial charge is 0.252 e. The molecule has 0 aliphatic rings. The van der Waals surface area contributed by atoms with E-state index < -0.39 is 9.84 Å². The molecule has 4 nitrogen and oxygen atoms in total. The first-order valence-corrected chi connectivity index (χ1v) is 9.36. The lowest BCUT2D eigenvalue weighted by Crippen LogP contribution is -2.25. The van der Waals surface area contributed by atoms with E-state index in [0.717, 1.165) is 28.7 Å². The normalized spacial score (nSPS) is 11.4. The van der Waals surface area contributed by atoms with Gasteiger partial charge in [-0.2, -0.15) is 0 Å². The fourth-order valence-electron chi connectivity index (χ4n) is 1.98. The van der Waals surface area contributed by atoms with Gasteiger partial charge >= 0.3 is 0 Å². The average molecular weight is 341 g/mol. The maximum Gasteiger partial charge on any atom is 0.252 e. The Balaban J connectivity index is 1.94. The van der Waals surface area contributed by atoms with Crippen LogP contribution in [0.5, 0.6) is 0 Å². The largest absolute Gasteiger partial charge is 0.352 e. The maximum absolute atomic E-state index is 13.0. The Morgan fingerprint density at radius 2 is 2.05 bits per heavy atom. The van der Waals surface area contributed by atoms with Crippen molar-refractivity contribution in [2.45, 2.75) is 17.6 Å². The van der Waals surface area contributed by atoms with Crippen molar-refractivity contribution in [3.63, 3.8) is 0 Å². The van der Waals surface area contributed by atoms with Crippen molar-refractivity contribution in [3.8, 4) is 0 Å². The molecular weight excluding hydrogens is 325 g/mol. The van der Waals surface area contributed by atoms with Crippen LogP contribution in [-0.2, 0) is 16.3 Å². The van der Waals surface area contributed by atoms with Crippen LogP contribution in [0.15, 0.2) is 33.9 Å². The summed E-state index contributed by atoms with van der Waals surface area (Å²) in [5.41, 5.74) is 2.13. The van der Waals surface area contributed by atoms with Crippen LogP contribution in [0.1, 0.15) is 21.5 Å². The summed E-state index contributed by atoms with van der Waals surface area (Å²) in [4.78, 5) is 12.0. The van der Waals surface area contributed by atoms with Crippen molar-refractivity contribution >= 4 is 27.1 Å². The van der Waals surface area contributed by atoms with Gasteiger partial charge in [-0.1, -0.05) is 6.07 Å². The van der Waals surface area contributed by atoms with Crippen LogP contribution in [0, 0.1) is 12.7 Å². The van der Waals surface area contributed by atoms with Crippen LogP contribution in [0.3, 0.4) is 0 Å². The van der Waals surface area contributed by atoms with Gasteiger partial charge in [-0.3, -0.25) is 4.79 Å². The van der Waals surface area contributed by atoms with Gasteiger partial charge in [0.15, 0.2) is 9.84 Å². The summed E-state index contributed by atoms with van der Waals surface area (Å²) in [5.74, 6) is -0.595. The molecule has 0 atom stereocenters. The lowest BCUT2D eigenvalue weighted by atomic mass is 10.1. The second kappa shape index (κ2) is 6.58. The van der Waals surface area contributed by atoms with Gasteiger partial charge in [0.2, 0.25) is 0 Å². The Morgan fingerprint density at radius 1 is 1.32 bits per heavy atom. The first kappa shape index (κ1) is 16.6. The van der Waals surface area contributed by atoms with E-state index in [-0.39, 0.29) is 15.9 Å². The van der Waals surface area contributed by atoms with E-state index in [0.29, 0.717) is 18.5 Å². The monoisotopic (exact) mass is 341 g/mol. The lowest BCUT2D eigenvalue weighted by molar-refractivity contribution is 0.0954. The number of carbonyl (C=O) groups excluding carboxylic acids is 1. The molecule has 1 N–H and O–H groups in total. The van der Waals surface area contributed by atoms with Crippen molar-refractivity contribution in [1.82, 2.24) is 5.32 Å². The molecule has 1 amide bonds. The number of hydrogen-bond acceptors (Lipinski definition) is 4. The van der Waals surface area contributed by atoms with E-state index in [4.69, 9.17) is 0 Å². The van der Waals surface area contributed by atoms with Gasteiger partial charge in [-0.15, -0.1) is 11.3 Å². The molecule has 1 aromatic carbocycles. The molecule has 0 saturated heterocycles. The Hall–Kier alpha value is -1.73. The van der Waals surface area contributed by atoms with Gasteiger partial charge in [0.05, 0.1) is 5.56 Å². The van der Waals surface area contributed by atoms with Crippen molar-refractivity contribution in [2.24, 2.45) is 0 Å². The predicted molar refractivity (Wildman–Crippen MR) is 84.6 cm³/mol. The summed E-state index contributed by atoms with van der Waals surface area (Å²) in [6.07, 6.45) is 1.69. The molecule has 2 rings (SSSR count). The van der Waals surface area contributed by atoms with Crippen LogP contribution < -0.4 is 5.32 Å². The fourth-order valence-corrected chi connectivity index (χ4v) is 3.78. The molecule has 1 heterocycles. The first-order valence-electron chi connectivity index (χ1n) is 6.59. The van der Waals surface area contributed by atoms with Gasteiger partial charge < -0.3 is 5.32 Å². The van der Waals surface area contributed by atoms with E-state index in [1.165, 1.54) is 23.6 Å². The van der Waals surface area contributed by atoms with E-state index in [9.17, 15) is 17.6 Å². The van der Waals surface area contributed by atoms with Gasteiger partial charge in [0.1, 0.15) is 10.0 Å². The van der Waals surface area contributed by atoms with Crippen molar-refractivity contribution in [3.05, 3.63) is 52.2 Å². The Labute approximate surface area is 132 Å². The highest BCUT2D eigenvalue weighted by Crippen LogP contribution is 2.20. The second-order valence-corrected chi connectivity index (χ2v) is 8.16. The van der Waals surface area contributed by atoms with Crippen LogP contribution in [0.4, 0.5) is 4.39 Å². The molecule has 0 aliphatic heterocycles. The number of hydrogen-bond donors (Lipinski definition) is 1. The van der Waals surface area contributed by atoms with Crippen LogP contribution in [-0.4, -0.2) is 27.1 Å². The Bertz CT molecular complexity index is 797. The van der Waals surface area contributed by atoms with Crippen molar-refractivity contribution in [2.75, 3.05) is 12.8 Å². The van der Waals surface area contributed by atoms with Gasteiger partial charge in [0, 0.05) is 18.2 Å². The zero-order valence-corrected chi connectivity index (χ0v) is 13.9. The summed E-state index contributed by atoms with van der Waals surface area (Å²) < 4.78 is 35.9. The van der Waals surface area contributed by atoms with Gasteiger partial charge in [-0.25, -0.2) is 12.8 Å². The van der Waals surface area contributed by atoms with Gasteiger partial charge in [-0.05, 0) is 42.7 Å². The molecule has 1 aromatic heterocycles. The van der Waals surface area contributed by atoms with Crippen LogP contribution >= 0.6 is 11.3 Å². The second-order valence-electron chi connectivity index (χ2n) is 5.00. The van der Waals surface area contributed by atoms with Crippen molar-refractivity contribution in [1.29, 1.82) is 0 Å². The number of benzene rings is 1. The molecule has 118 valence electrons. The third-order valence-electron chi connectivity index (χ3n) is 3.19. The zero-order valence-electron chi connectivity index (χ0n) is 12.2. The van der Waals surface area contributed by atoms with E-state index in [1.807, 2.05) is 6.92 Å². The van der Waals surface area contributed by atoms with E-state index in [2.05, 4.69) is 5.32 Å². The van der Waals surface area contributed by atoms with E-state index >= 15 is 0 Å². The minimum Gasteiger partial charge on any atom is -0.352 e. The number of thiophene rings is 1. The maximum atomic E-state index is 13.0. The lowest BCUT2D eigenvalue weighted by Gasteiger charge is -2.07. The molecule has 7 heteroatoms. The summed E-state index contributed by atoms with van der Waals surface area (Å²) in [6.45, 7) is 2.22. The molecule has 0 aliphatic carbocycles. The molecule has 0 fully saturated rings. The molecule has 0 unspecified atom stereocenters. The summed E-state index contributed by atoms with van der Waals surface area (Å²) in [5, 5.41) is 4.26. The highest BCUT2D eigenvalue weighted by molar-refractivity contribution is 7.92. The fraction of sp³-hybridized carbons (Fsp3) is 0.267. The third-order valence-corrected chi connectivity index (χ3v) is 5.96. The predicted octanol–water partition coefficient (Wildman–Crippen LogP) is 2.57. The standard InChI is InChI=1S/C15H16FNO3S2/c1-10-7-13(16)4-3-11(10)5-6-17-15(18)12-8-14(21-9-12)22(2,19)20/h3-4,7-9H,5-6H2,1-2H3,(H,17,18). The minimum absolute atomic E-state index is 0.173. The van der Waals surface area contributed by atoms with Crippen LogP contribution in [0.2, 0.25) is 0 Å². The zero-order chi connectivity index (χ0) is 16.3. The summed E-state index contributed by atoms with van der Waals surface area (Å²) in [7, 11) is -3.29. The first-order chi connectivity index (χ1) is 10.3. The number of amides is 1. The third kappa shape index (κ3) is 4.14. The number of aryl methyl sites for hydroxylation is 1. The van der Waals surface area contributed by atoms with Crippen LogP contribution in [0.25, 0.3) is 0 Å². The highest BCUT2D eigenvalue weighted by atomic mass is 32.2. The Kier molecular flexibility index (Phi) is 4.97.